The van der Waals surface area contributed by atoms with Crippen LogP contribution in [0.4, 0.5) is 21.1 Å². The molecule has 0 aliphatic rings. The molecule has 0 aromatic carbocycles. The Kier molecular flexibility index (Phi) is 3.70. The van der Waals surface area contributed by atoms with Crippen molar-refractivity contribution in [3.8, 4) is 0 Å². The van der Waals surface area contributed by atoms with E-state index in [1.54, 1.807) is 0 Å². The van der Waals surface area contributed by atoms with Gasteiger partial charge in [-0.1, -0.05) is 0 Å². The van der Waals surface area contributed by atoms with Gasteiger partial charge in [-0.15, -0.1) is 0 Å². The van der Waals surface area contributed by atoms with Crippen molar-refractivity contribution in [1.82, 2.24) is 9.78 Å². The van der Waals surface area contributed by atoms with Crippen molar-refractivity contribution < 1.29 is 14.7 Å². The lowest BCUT2D eigenvalue weighted by atomic mass is 10.3. The standard InChI is InChI=1S/C7H14N8O3/c1-13-5(15(11)7(9)18)4(3(2-16)12-13)14(10)6(8)17/h16H,2,10-11H2,1H3,(H2,8,17)(H2,9,18). The number of carbonyl (C=O) groups is 2. The van der Waals surface area contributed by atoms with Crippen LogP contribution in [0, 0.1) is 0 Å². The third-order valence-electron chi connectivity index (χ3n) is 2.16. The molecule has 0 saturated carbocycles. The average Bonchev–Trinajstić information content (AvgIpc) is 2.63. The van der Waals surface area contributed by atoms with Crippen LogP contribution in [0.25, 0.3) is 0 Å². The summed E-state index contributed by atoms with van der Waals surface area (Å²) in [5, 5.41) is 14.0. The van der Waals surface area contributed by atoms with E-state index >= 15 is 0 Å². The van der Waals surface area contributed by atoms with Gasteiger partial charge in [-0.2, -0.15) is 5.10 Å². The Balaban J connectivity index is 3.44. The van der Waals surface area contributed by atoms with Gasteiger partial charge < -0.3 is 16.6 Å². The zero-order valence-electron chi connectivity index (χ0n) is 9.57. The number of amides is 4. The lowest BCUT2D eigenvalue weighted by Gasteiger charge is -2.20. The molecule has 0 unspecified atom stereocenters. The van der Waals surface area contributed by atoms with Crippen molar-refractivity contribution in [1.29, 1.82) is 0 Å². The molecule has 100 valence electrons. The molecule has 18 heavy (non-hydrogen) atoms. The molecule has 0 saturated heterocycles. The van der Waals surface area contributed by atoms with Gasteiger partial charge in [-0.25, -0.2) is 36.0 Å². The molecule has 1 rings (SSSR count). The fourth-order valence-corrected chi connectivity index (χ4v) is 1.40. The van der Waals surface area contributed by atoms with Crippen molar-refractivity contribution in [2.24, 2.45) is 30.2 Å². The first-order valence-electron chi connectivity index (χ1n) is 4.66. The van der Waals surface area contributed by atoms with Crippen molar-refractivity contribution in [2.45, 2.75) is 6.61 Å². The van der Waals surface area contributed by atoms with Crippen molar-refractivity contribution in [3.05, 3.63) is 5.69 Å². The molecular formula is C7H14N8O3. The largest absolute Gasteiger partial charge is 0.390 e. The Labute approximate surface area is 101 Å². The van der Waals surface area contributed by atoms with Gasteiger partial charge >= 0.3 is 12.1 Å². The maximum atomic E-state index is 11.1. The van der Waals surface area contributed by atoms with Gasteiger partial charge in [0.25, 0.3) is 0 Å². The van der Waals surface area contributed by atoms with Gasteiger partial charge in [-0.3, -0.25) is 0 Å². The lowest BCUT2D eigenvalue weighted by Crippen LogP contribution is -2.46. The number of aliphatic hydroxyl groups is 1. The summed E-state index contributed by atoms with van der Waals surface area (Å²) in [6, 6.07) is -2.02. The topological polar surface area (TPSA) is 183 Å². The Bertz CT molecular complexity index is 483. The highest BCUT2D eigenvalue weighted by molar-refractivity contribution is 5.98. The maximum absolute atomic E-state index is 11.1. The third kappa shape index (κ3) is 2.17. The molecule has 0 spiro atoms. The van der Waals surface area contributed by atoms with Gasteiger partial charge in [0, 0.05) is 7.05 Å². The number of nitrogens with zero attached hydrogens (tertiary/aromatic N) is 4. The summed E-state index contributed by atoms with van der Waals surface area (Å²) in [6.45, 7) is -0.531. The summed E-state index contributed by atoms with van der Waals surface area (Å²) in [7, 11) is 1.43. The van der Waals surface area contributed by atoms with E-state index in [4.69, 9.17) is 28.3 Å². The highest BCUT2D eigenvalue weighted by atomic mass is 16.3. The fraction of sp³-hybridized carbons (Fsp3) is 0.286. The average molecular weight is 258 g/mol. The maximum Gasteiger partial charge on any atom is 0.335 e. The molecule has 1 aromatic heterocycles. The number of anilines is 2. The second kappa shape index (κ2) is 4.87. The molecule has 11 heteroatoms. The number of aryl methyl sites for hydroxylation is 1. The van der Waals surface area contributed by atoms with Crippen LogP contribution < -0.4 is 33.2 Å². The number of urea groups is 2. The van der Waals surface area contributed by atoms with Crippen LogP contribution in [-0.2, 0) is 13.7 Å². The first-order chi connectivity index (χ1) is 8.31. The highest BCUT2D eigenvalue weighted by Crippen LogP contribution is 2.30. The molecular weight excluding hydrogens is 244 g/mol. The molecule has 0 bridgehead atoms. The number of hydrogen-bond acceptors (Lipinski definition) is 6. The minimum atomic E-state index is -1.02. The van der Waals surface area contributed by atoms with Gasteiger partial charge in [-0.05, 0) is 0 Å². The molecule has 11 nitrogen and oxygen atoms in total. The summed E-state index contributed by atoms with van der Waals surface area (Å²) in [6.07, 6.45) is 0. The number of carbonyl (C=O) groups excluding carboxylic acids is 2. The molecule has 0 fully saturated rings. The van der Waals surface area contributed by atoms with Crippen molar-refractivity contribution >= 4 is 23.6 Å². The van der Waals surface area contributed by atoms with Gasteiger partial charge in [0.15, 0.2) is 5.82 Å². The fourth-order valence-electron chi connectivity index (χ4n) is 1.40. The van der Waals surface area contributed by atoms with Crippen LogP contribution >= 0.6 is 0 Å². The van der Waals surface area contributed by atoms with E-state index in [2.05, 4.69) is 5.10 Å². The van der Waals surface area contributed by atoms with Gasteiger partial charge in [0.05, 0.1) is 6.61 Å². The zero-order valence-corrected chi connectivity index (χ0v) is 9.57. The molecule has 0 radical (unpaired) electrons. The smallest absolute Gasteiger partial charge is 0.335 e. The number of nitrogens with two attached hydrogens (primary N) is 4. The first-order valence-corrected chi connectivity index (χ1v) is 4.66. The summed E-state index contributed by atoms with van der Waals surface area (Å²) >= 11 is 0. The number of aromatic nitrogens is 2. The second-order valence-corrected chi connectivity index (χ2v) is 3.32. The summed E-state index contributed by atoms with van der Waals surface area (Å²) < 4.78 is 1.13. The number of rotatable bonds is 3. The van der Waals surface area contributed by atoms with E-state index in [1.807, 2.05) is 0 Å². The molecule has 1 heterocycles. The van der Waals surface area contributed by atoms with E-state index in [0.717, 1.165) is 4.68 Å². The van der Waals surface area contributed by atoms with Gasteiger partial charge in [0.2, 0.25) is 0 Å². The highest BCUT2D eigenvalue weighted by Gasteiger charge is 2.27. The van der Waals surface area contributed by atoms with Crippen molar-refractivity contribution in [3.63, 3.8) is 0 Å². The molecule has 9 N–H and O–H groups in total. The first kappa shape index (κ1) is 13.7. The Morgan fingerprint density at radius 1 is 1.28 bits per heavy atom. The Morgan fingerprint density at radius 2 is 1.78 bits per heavy atom. The van der Waals surface area contributed by atoms with Crippen LogP contribution in [0.15, 0.2) is 0 Å². The monoisotopic (exact) mass is 258 g/mol. The van der Waals surface area contributed by atoms with E-state index < -0.39 is 18.7 Å². The minimum Gasteiger partial charge on any atom is -0.390 e. The van der Waals surface area contributed by atoms with E-state index in [1.165, 1.54) is 7.05 Å². The molecule has 4 amide bonds. The minimum absolute atomic E-state index is 0.0190. The quantitative estimate of drug-likeness (QED) is 0.225. The van der Waals surface area contributed by atoms with E-state index in [9.17, 15) is 9.59 Å². The van der Waals surface area contributed by atoms with Crippen LogP contribution in [0.2, 0.25) is 0 Å². The number of primary amides is 2. The molecule has 0 aliphatic heterocycles. The Hall–Kier alpha value is -2.37. The van der Waals surface area contributed by atoms with Gasteiger partial charge in [0.1, 0.15) is 11.4 Å². The van der Waals surface area contributed by atoms with E-state index in [-0.39, 0.29) is 17.2 Å². The SMILES string of the molecule is Cn1nc(CO)c(N(N)C(N)=O)c1N(N)C(N)=O. The summed E-state index contributed by atoms with van der Waals surface area (Å²) in [5.74, 6) is 10.8. The second-order valence-electron chi connectivity index (χ2n) is 3.32. The van der Waals surface area contributed by atoms with Crippen LogP contribution in [0.3, 0.4) is 0 Å². The van der Waals surface area contributed by atoms with Crippen molar-refractivity contribution in [2.75, 3.05) is 10.0 Å². The number of hydrazine groups is 2. The molecule has 0 atom stereocenters. The summed E-state index contributed by atoms with van der Waals surface area (Å²) in [5.41, 5.74) is 9.95. The lowest BCUT2D eigenvalue weighted by molar-refractivity contribution is 0.252. The van der Waals surface area contributed by atoms with Crippen LogP contribution in [-0.4, -0.2) is 26.9 Å². The molecule has 0 aliphatic carbocycles. The Morgan fingerprint density at radius 3 is 2.17 bits per heavy atom. The zero-order chi connectivity index (χ0) is 14.0. The number of hydrogen-bond donors (Lipinski definition) is 5. The van der Waals surface area contributed by atoms with Crippen LogP contribution in [0.1, 0.15) is 5.69 Å². The summed E-state index contributed by atoms with van der Waals surface area (Å²) in [4.78, 5) is 22.1. The van der Waals surface area contributed by atoms with Crippen LogP contribution in [0.5, 0.6) is 0 Å². The molecule has 1 aromatic rings. The number of aliphatic hydroxyl groups excluding tert-OH is 1. The predicted octanol–water partition coefficient (Wildman–Crippen LogP) is -2.57. The normalized spacial score (nSPS) is 10.2. The predicted molar refractivity (Wildman–Crippen MR) is 61.6 cm³/mol. The van der Waals surface area contributed by atoms with E-state index in [0.29, 0.717) is 10.0 Å². The third-order valence-corrected chi connectivity index (χ3v) is 2.16.